The van der Waals surface area contributed by atoms with Crippen molar-refractivity contribution in [2.45, 2.75) is 51.9 Å². The molecule has 0 aliphatic heterocycles. The van der Waals surface area contributed by atoms with Gasteiger partial charge in [-0.05, 0) is 47.8 Å². The van der Waals surface area contributed by atoms with Crippen LogP contribution in [0, 0.1) is 0 Å². The Bertz CT molecular complexity index is 365. The molecular formula is C15H32N4O2S. The van der Waals surface area contributed by atoms with Gasteiger partial charge in [0.1, 0.15) is 5.60 Å². The highest BCUT2D eigenvalue weighted by Crippen LogP contribution is 2.20. The molecule has 0 fully saturated rings. The van der Waals surface area contributed by atoms with E-state index in [0.717, 1.165) is 19.0 Å². The SMILES string of the molecule is CCNC(=NCC(C)(C)SC)NCCNC(=O)OC(C)(C)C. The van der Waals surface area contributed by atoms with Crippen molar-refractivity contribution in [1.82, 2.24) is 16.0 Å². The summed E-state index contributed by atoms with van der Waals surface area (Å²) < 4.78 is 5.28. The standard InChI is InChI=1S/C15H32N4O2S/c1-8-16-12(19-11-15(5,6)22-7)17-9-10-18-13(20)21-14(2,3)4/h8-11H2,1-7H3,(H,18,20)(H2,16,17,19). The number of nitrogens with one attached hydrogen (secondary N) is 3. The van der Waals surface area contributed by atoms with Crippen LogP contribution in [-0.2, 0) is 4.74 Å². The second-order valence-electron chi connectivity index (χ2n) is 6.51. The molecule has 0 rings (SSSR count). The number of thioether (sulfide) groups is 1. The molecule has 0 unspecified atom stereocenters. The number of rotatable bonds is 7. The van der Waals surface area contributed by atoms with Crippen molar-refractivity contribution in [3.05, 3.63) is 0 Å². The predicted molar refractivity (Wildman–Crippen MR) is 95.8 cm³/mol. The summed E-state index contributed by atoms with van der Waals surface area (Å²) in [7, 11) is 0. The molecule has 0 aliphatic rings. The minimum atomic E-state index is -0.475. The van der Waals surface area contributed by atoms with Crippen LogP contribution >= 0.6 is 11.8 Å². The van der Waals surface area contributed by atoms with Gasteiger partial charge in [-0.1, -0.05) is 0 Å². The van der Waals surface area contributed by atoms with E-state index >= 15 is 0 Å². The monoisotopic (exact) mass is 332 g/mol. The summed E-state index contributed by atoms with van der Waals surface area (Å²) in [4.78, 5) is 16.1. The van der Waals surface area contributed by atoms with Gasteiger partial charge >= 0.3 is 6.09 Å². The van der Waals surface area contributed by atoms with E-state index in [9.17, 15) is 4.79 Å². The highest BCUT2D eigenvalue weighted by atomic mass is 32.2. The zero-order valence-corrected chi connectivity index (χ0v) is 15.8. The number of hydrogen-bond donors (Lipinski definition) is 3. The minimum Gasteiger partial charge on any atom is -0.444 e. The third-order valence-electron chi connectivity index (χ3n) is 2.60. The van der Waals surface area contributed by atoms with E-state index in [0.29, 0.717) is 13.1 Å². The molecule has 22 heavy (non-hydrogen) atoms. The quantitative estimate of drug-likeness (QED) is 0.379. The fourth-order valence-corrected chi connectivity index (χ4v) is 1.53. The Morgan fingerprint density at radius 3 is 2.18 bits per heavy atom. The maximum absolute atomic E-state index is 11.5. The number of aliphatic imine (C=N–C) groups is 1. The summed E-state index contributed by atoms with van der Waals surface area (Å²) in [5.41, 5.74) is -0.475. The van der Waals surface area contributed by atoms with Crippen LogP contribution in [0.25, 0.3) is 0 Å². The van der Waals surface area contributed by atoms with Crippen molar-refractivity contribution in [3.63, 3.8) is 0 Å². The van der Waals surface area contributed by atoms with Gasteiger partial charge in [0.05, 0.1) is 6.54 Å². The van der Waals surface area contributed by atoms with Gasteiger partial charge in [-0.15, -0.1) is 0 Å². The molecule has 0 aromatic rings. The summed E-state index contributed by atoms with van der Waals surface area (Å²) in [6.45, 7) is 14.5. The van der Waals surface area contributed by atoms with Gasteiger partial charge in [0, 0.05) is 24.4 Å². The first-order valence-corrected chi connectivity index (χ1v) is 8.86. The Hall–Kier alpha value is -1.11. The van der Waals surface area contributed by atoms with E-state index in [4.69, 9.17) is 4.74 Å². The minimum absolute atomic E-state index is 0.108. The zero-order chi connectivity index (χ0) is 17.2. The van der Waals surface area contributed by atoms with E-state index in [-0.39, 0.29) is 4.75 Å². The van der Waals surface area contributed by atoms with E-state index in [2.05, 4.69) is 41.0 Å². The number of ether oxygens (including phenoxy) is 1. The molecule has 0 aromatic heterocycles. The van der Waals surface area contributed by atoms with Crippen LogP contribution in [0.4, 0.5) is 4.79 Å². The normalized spacial score (nSPS) is 12.8. The lowest BCUT2D eigenvalue weighted by atomic mass is 10.2. The van der Waals surface area contributed by atoms with Crippen molar-refractivity contribution >= 4 is 23.8 Å². The van der Waals surface area contributed by atoms with Crippen LogP contribution < -0.4 is 16.0 Å². The number of amides is 1. The largest absolute Gasteiger partial charge is 0.444 e. The number of hydrogen-bond acceptors (Lipinski definition) is 4. The first-order valence-electron chi connectivity index (χ1n) is 7.64. The van der Waals surface area contributed by atoms with Crippen LogP contribution in [0.1, 0.15) is 41.5 Å². The molecule has 0 saturated carbocycles. The molecule has 0 saturated heterocycles. The molecule has 0 radical (unpaired) electrons. The predicted octanol–water partition coefficient (Wildman–Crippen LogP) is 2.21. The van der Waals surface area contributed by atoms with Crippen LogP contribution in [0.15, 0.2) is 4.99 Å². The third kappa shape index (κ3) is 11.5. The van der Waals surface area contributed by atoms with Crippen LogP contribution in [-0.4, -0.2) is 54.8 Å². The molecule has 0 heterocycles. The fraction of sp³-hybridized carbons (Fsp3) is 0.867. The van der Waals surface area contributed by atoms with Gasteiger partial charge in [-0.25, -0.2) is 4.79 Å². The zero-order valence-electron chi connectivity index (χ0n) is 15.0. The summed E-state index contributed by atoms with van der Waals surface area (Å²) in [5, 5.41) is 9.10. The maximum Gasteiger partial charge on any atom is 0.407 e. The van der Waals surface area contributed by atoms with Gasteiger partial charge in [0.2, 0.25) is 0 Å². The highest BCUT2D eigenvalue weighted by molar-refractivity contribution is 7.99. The van der Waals surface area contributed by atoms with Crippen molar-refractivity contribution in [1.29, 1.82) is 0 Å². The van der Waals surface area contributed by atoms with Crippen molar-refractivity contribution in [2.75, 3.05) is 32.4 Å². The van der Waals surface area contributed by atoms with Gasteiger partial charge in [-0.3, -0.25) is 4.99 Å². The number of carbonyl (C=O) groups excluding carboxylic acids is 1. The maximum atomic E-state index is 11.5. The first kappa shape index (κ1) is 20.9. The first-order chi connectivity index (χ1) is 10.1. The summed E-state index contributed by atoms with van der Waals surface area (Å²) in [5.74, 6) is 0.760. The lowest BCUT2D eigenvalue weighted by Crippen LogP contribution is -2.43. The molecule has 0 aromatic carbocycles. The van der Waals surface area contributed by atoms with Crippen LogP contribution in [0.5, 0.6) is 0 Å². The van der Waals surface area contributed by atoms with Gasteiger partial charge in [0.25, 0.3) is 0 Å². The molecule has 0 atom stereocenters. The number of nitrogens with zero attached hydrogens (tertiary/aromatic N) is 1. The average molecular weight is 333 g/mol. The Kier molecular flexibility index (Phi) is 9.32. The lowest BCUT2D eigenvalue weighted by molar-refractivity contribution is 0.0529. The molecule has 0 bridgehead atoms. The molecule has 0 aliphatic carbocycles. The second kappa shape index (κ2) is 9.82. The molecule has 7 heteroatoms. The van der Waals surface area contributed by atoms with Gasteiger partial charge < -0.3 is 20.7 Å². The number of alkyl carbamates (subject to hydrolysis) is 1. The molecule has 6 nitrogen and oxygen atoms in total. The molecule has 3 N–H and O–H groups in total. The van der Waals surface area contributed by atoms with Crippen molar-refractivity contribution < 1.29 is 9.53 Å². The lowest BCUT2D eigenvalue weighted by Gasteiger charge is -2.21. The molecular weight excluding hydrogens is 300 g/mol. The van der Waals surface area contributed by atoms with E-state index in [1.807, 2.05) is 27.7 Å². The summed E-state index contributed by atoms with van der Waals surface area (Å²) in [6, 6.07) is 0. The van der Waals surface area contributed by atoms with E-state index in [1.54, 1.807) is 11.8 Å². The number of carbonyl (C=O) groups is 1. The van der Waals surface area contributed by atoms with E-state index in [1.165, 1.54) is 0 Å². The summed E-state index contributed by atoms with van der Waals surface area (Å²) in [6.07, 6.45) is 1.68. The Labute approximate surface area is 139 Å². The van der Waals surface area contributed by atoms with Gasteiger partial charge in [0.15, 0.2) is 5.96 Å². The second-order valence-corrected chi connectivity index (χ2v) is 8.03. The topological polar surface area (TPSA) is 74.8 Å². The smallest absolute Gasteiger partial charge is 0.407 e. The Morgan fingerprint density at radius 2 is 1.68 bits per heavy atom. The average Bonchev–Trinajstić information content (AvgIpc) is 2.39. The fourth-order valence-electron chi connectivity index (χ4n) is 1.34. The van der Waals surface area contributed by atoms with E-state index < -0.39 is 11.7 Å². The summed E-state index contributed by atoms with van der Waals surface area (Å²) >= 11 is 1.79. The molecule has 0 spiro atoms. The number of guanidine groups is 1. The molecule has 1 amide bonds. The third-order valence-corrected chi connectivity index (χ3v) is 3.83. The van der Waals surface area contributed by atoms with Crippen LogP contribution in [0.3, 0.4) is 0 Å². The van der Waals surface area contributed by atoms with Gasteiger partial charge in [-0.2, -0.15) is 11.8 Å². The highest BCUT2D eigenvalue weighted by Gasteiger charge is 2.16. The van der Waals surface area contributed by atoms with Crippen molar-refractivity contribution in [3.8, 4) is 0 Å². The Balaban J connectivity index is 4.16. The van der Waals surface area contributed by atoms with Crippen LogP contribution in [0.2, 0.25) is 0 Å². The Morgan fingerprint density at radius 1 is 1.09 bits per heavy atom. The molecule has 130 valence electrons. The van der Waals surface area contributed by atoms with Crippen molar-refractivity contribution in [2.24, 2.45) is 4.99 Å².